The number of benzene rings is 1. The molecular formula is C9H9ClFNO2. The summed E-state index contributed by atoms with van der Waals surface area (Å²) >= 11 is 5.69. The topological polar surface area (TPSA) is 63.3 Å². The highest BCUT2D eigenvalue weighted by molar-refractivity contribution is 6.31. The molecule has 3 nitrogen and oxygen atoms in total. The van der Waals surface area contributed by atoms with Crippen LogP contribution in [0.5, 0.6) is 0 Å². The highest BCUT2D eigenvalue weighted by atomic mass is 35.5. The van der Waals surface area contributed by atoms with E-state index in [2.05, 4.69) is 0 Å². The third-order valence-corrected chi connectivity index (χ3v) is 2.08. The van der Waals surface area contributed by atoms with Gasteiger partial charge >= 0.3 is 5.97 Å². The van der Waals surface area contributed by atoms with Crippen LogP contribution >= 0.6 is 11.6 Å². The number of hydrogen-bond donors (Lipinski definition) is 2. The van der Waals surface area contributed by atoms with Crippen LogP contribution in [-0.4, -0.2) is 11.1 Å². The number of hydrogen-bond acceptors (Lipinski definition) is 2. The van der Waals surface area contributed by atoms with Gasteiger partial charge in [0.1, 0.15) is 5.82 Å². The first-order valence-electron chi connectivity index (χ1n) is 3.93. The molecule has 0 aliphatic rings. The minimum atomic E-state index is -1.02. The molecule has 0 saturated heterocycles. The molecule has 76 valence electrons. The van der Waals surface area contributed by atoms with Crippen molar-refractivity contribution in [2.24, 2.45) is 5.73 Å². The third-order valence-electron chi connectivity index (χ3n) is 1.76. The molecule has 1 atom stereocenters. The van der Waals surface area contributed by atoms with Gasteiger partial charge in [-0.25, -0.2) is 4.39 Å². The number of nitrogens with two attached hydrogens (primary N) is 1. The summed E-state index contributed by atoms with van der Waals surface area (Å²) in [6, 6.07) is 2.99. The van der Waals surface area contributed by atoms with Crippen LogP contribution in [0.3, 0.4) is 0 Å². The van der Waals surface area contributed by atoms with Crippen molar-refractivity contribution in [3.05, 3.63) is 34.6 Å². The summed E-state index contributed by atoms with van der Waals surface area (Å²) in [6.07, 6.45) is -0.231. The minimum Gasteiger partial charge on any atom is -0.481 e. The summed E-state index contributed by atoms with van der Waals surface area (Å²) in [7, 11) is 0. The predicted molar refractivity (Wildman–Crippen MR) is 50.6 cm³/mol. The van der Waals surface area contributed by atoms with Gasteiger partial charge in [-0.1, -0.05) is 17.7 Å². The summed E-state index contributed by atoms with van der Waals surface area (Å²) in [5, 5.41) is 8.65. The van der Waals surface area contributed by atoms with Gasteiger partial charge in [0.2, 0.25) is 0 Å². The zero-order chi connectivity index (χ0) is 10.7. The quantitative estimate of drug-likeness (QED) is 0.814. The molecule has 0 fully saturated rings. The smallest absolute Gasteiger partial charge is 0.305 e. The summed E-state index contributed by atoms with van der Waals surface area (Å²) in [5.41, 5.74) is 6.00. The van der Waals surface area contributed by atoms with Crippen molar-refractivity contribution in [2.75, 3.05) is 0 Å². The molecule has 0 spiro atoms. The summed E-state index contributed by atoms with van der Waals surface area (Å²) in [4.78, 5) is 10.4. The van der Waals surface area contributed by atoms with E-state index in [9.17, 15) is 9.18 Å². The van der Waals surface area contributed by atoms with E-state index in [1.807, 2.05) is 0 Å². The van der Waals surface area contributed by atoms with E-state index in [1.54, 1.807) is 0 Å². The lowest BCUT2D eigenvalue weighted by Crippen LogP contribution is -2.15. The number of halogens is 2. The van der Waals surface area contributed by atoms with Crippen LogP contribution in [0.25, 0.3) is 0 Å². The van der Waals surface area contributed by atoms with E-state index in [0.29, 0.717) is 5.56 Å². The molecule has 5 heteroatoms. The Hall–Kier alpha value is -1.13. The number of rotatable bonds is 3. The first-order valence-corrected chi connectivity index (χ1v) is 4.31. The molecule has 14 heavy (non-hydrogen) atoms. The van der Waals surface area contributed by atoms with Crippen molar-refractivity contribution in [3.63, 3.8) is 0 Å². The molecular weight excluding hydrogens is 209 g/mol. The molecule has 0 bridgehead atoms. The number of aliphatic carboxylic acids is 1. The van der Waals surface area contributed by atoms with Crippen molar-refractivity contribution >= 4 is 17.6 Å². The monoisotopic (exact) mass is 217 g/mol. The van der Waals surface area contributed by atoms with Crippen LogP contribution < -0.4 is 5.73 Å². The van der Waals surface area contributed by atoms with Crippen LogP contribution in [0.4, 0.5) is 4.39 Å². The van der Waals surface area contributed by atoms with Gasteiger partial charge in [0.05, 0.1) is 6.42 Å². The Kier molecular flexibility index (Phi) is 3.43. The van der Waals surface area contributed by atoms with Crippen LogP contribution in [0.1, 0.15) is 18.0 Å². The Morgan fingerprint density at radius 1 is 1.64 bits per heavy atom. The van der Waals surface area contributed by atoms with Crippen molar-refractivity contribution in [1.29, 1.82) is 0 Å². The second kappa shape index (κ2) is 4.39. The molecule has 0 radical (unpaired) electrons. The molecule has 1 rings (SSSR count). The zero-order valence-corrected chi connectivity index (χ0v) is 7.96. The average Bonchev–Trinajstić information content (AvgIpc) is 2.01. The average molecular weight is 218 g/mol. The van der Waals surface area contributed by atoms with Crippen LogP contribution in [0.15, 0.2) is 18.2 Å². The van der Waals surface area contributed by atoms with Crippen LogP contribution in [-0.2, 0) is 4.79 Å². The highest BCUT2D eigenvalue weighted by Crippen LogP contribution is 2.24. The fourth-order valence-electron chi connectivity index (χ4n) is 1.10. The van der Waals surface area contributed by atoms with Gasteiger partial charge in [0, 0.05) is 11.1 Å². The largest absolute Gasteiger partial charge is 0.481 e. The van der Waals surface area contributed by atoms with Crippen LogP contribution in [0, 0.1) is 5.82 Å². The second-order valence-corrected chi connectivity index (χ2v) is 3.28. The Labute approximate surface area is 85.3 Å². The molecule has 1 aromatic carbocycles. The Balaban J connectivity index is 2.90. The van der Waals surface area contributed by atoms with Gasteiger partial charge in [0.15, 0.2) is 0 Å². The van der Waals surface area contributed by atoms with E-state index in [1.165, 1.54) is 12.1 Å². The number of carboxylic acids is 1. The molecule has 0 aromatic heterocycles. The molecule has 0 aliphatic heterocycles. The Morgan fingerprint density at radius 3 is 2.79 bits per heavy atom. The molecule has 0 saturated carbocycles. The second-order valence-electron chi connectivity index (χ2n) is 2.87. The van der Waals surface area contributed by atoms with E-state index >= 15 is 0 Å². The van der Waals surface area contributed by atoms with Crippen molar-refractivity contribution in [2.45, 2.75) is 12.5 Å². The maximum Gasteiger partial charge on any atom is 0.305 e. The van der Waals surface area contributed by atoms with Gasteiger partial charge in [-0.05, 0) is 17.7 Å². The molecule has 0 aliphatic carbocycles. The van der Waals surface area contributed by atoms with Crippen molar-refractivity contribution in [3.8, 4) is 0 Å². The molecule has 0 unspecified atom stereocenters. The molecule has 0 amide bonds. The SMILES string of the molecule is N[C@H](CC(=O)O)c1ccc(F)cc1Cl. The van der Waals surface area contributed by atoms with E-state index in [4.69, 9.17) is 22.4 Å². The number of carbonyl (C=O) groups is 1. The van der Waals surface area contributed by atoms with E-state index < -0.39 is 17.8 Å². The van der Waals surface area contributed by atoms with Gasteiger partial charge < -0.3 is 10.8 Å². The van der Waals surface area contributed by atoms with Crippen molar-refractivity contribution in [1.82, 2.24) is 0 Å². The normalized spacial score (nSPS) is 12.5. The molecule has 0 heterocycles. The van der Waals surface area contributed by atoms with Gasteiger partial charge in [-0.2, -0.15) is 0 Å². The zero-order valence-electron chi connectivity index (χ0n) is 7.21. The maximum absolute atomic E-state index is 12.6. The lowest BCUT2D eigenvalue weighted by atomic mass is 10.0. The number of carboxylic acid groups (broad SMARTS) is 1. The summed E-state index contributed by atoms with van der Waals surface area (Å²) in [5.74, 6) is -1.49. The summed E-state index contributed by atoms with van der Waals surface area (Å²) in [6.45, 7) is 0. The van der Waals surface area contributed by atoms with Gasteiger partial charge in [-0.3, -0.25) is 4.79 Å². The first kappa shape index (κ1) is 10.9. The van der Waals surface area contributed by atoms with Crippen LogP contribution in [0.2, 0.25) is 5.02 Å². The highest BCUT2D eigenvalue weighted by Gasteiger charge is 2.13. The van der Waals surface area contributed by atoms with Gasteiger partial charge in [-0.15, -0.1) is 0 Å². The van der Waals surface area contributed by atoms with Crippen molar-refractivity contribution < 1.29 is 14.3 Å². The van der Waals surface area contributed by atoms with E-state index in [0.717, 1.165) is 6.07 Å². The molecule has 1 aromatic rings. The predicted octanol–water partition coefficient (Wildman–Crippen LogP) is 1.95. The summed E-state index contributed by atoms with van der Waals surface area (Å²) < 4.78 is 12.6. The molecule has 3 N–H and O–H groups in total. The van der Waals surface area contributed by atoms with Gasteiger partial charge in [0.25, 0.3) is 0 Å². The Bertz CT molecular complexity index is 357. The lowest BCUT2D eigenvalue weighted by molar-refractivity contribution is -0.137. The first-order chi connectivity index (χ1) is 6.50. The standard InChI is InChI=1S/C9H9ClFNO2/c10-7-3-5(11)1-2-6(7)8(12)4-9(13)14/h1-3,8H,4,12H2,(H,13,14)/t8-/m1/s1. The fraction of sp³-hybridized carbons (Fsp3) is 0.222. The third kappa shape index (κ3) is 2.68. The lowest BCUT2D eigenvalue weighted by Gasteiger charge is -2.10. The minimum absolute atomic E-state index is 0.152. The fourth-order valence-corrected chi connectivity index (χ4v) is 1.41. The Morgan fingerprint density at radius 2 is 2.29 bits per heavy atom. The van der Waals surface area contributed by atoms with E-state index in [-0.39, 0.29) is 11.4 Å². The maximum atomic E-state index is 12.6.